The zero-order valence-corrected chi connectivity index (χ0v) is 13.6. The number of halogens is 3. The second kappa shape index (κ2) is 8.03. The summed E-state index contributed by atoms with van der Waals surface area (Å²) in [6.07, 6.45) is -3.97. The van der Waals surface area contributed by atoms with Crippen LogP contribution in [0.3, 0.4) is 0 Å². The highest BCUT2D eigenvalue weighted by molar-refractivity contribution is 5.89. The minimum absolute atomic E-state index is 0.0250. The van der Waals surface area contributed by atoms with Gasteiger partial charge in [0.25, 0.3) is 0 Å². The third kappa shape index (κ3) is 5.58. The van der Waals surface area contributed by atoms with Gasteiger partial charge in [-0.3, -0.25) is 14.4 Å². The molecule has 2 rings (SSSR count). The van der Waals surface area contributed by atoms with Crippen LogP contribution in [0.2, 0.25) is 0 Å². The number of aliphatic carboxylic acids is 1. The number of rotatable bonds is 6. The summed E-state index contributed by atoms with van der Waals surface area (Å²) in [5.74, 6) is -3.09. The van der Waals surface area contributed by atoms with Crippen molar-refractivity contribution in [2.24, 2.45) is 5.92 Å². The van der Waals surface area contributed by atoms with Crippen molar-refractivity contribution >= 4 is 17.8 Å². The number of alkyl halides is 3. The highest BCUT2D eigenvalue weighted by atomic mass is 19.4. The molecule has 2 aliphatic heterocycles. The average molecular weight is 366 g/mol. The Morgan fingerprint density at radius 3 is 2.48 bits per heavy atom. The van der Waals surface area contributed by atoms with Gasteiger partial charge in [0.05, 0.1) is 12.3 Å². The summed E-state index contributed by atoms with van der Waals surface area (Å²) in [4.78, 5) is 37.4. The van der Waals surface area contributed by atoms with Crippen molar-refractivity contribution in [3.05, 3.63) is 0 Å². The molecule has 0 bridgehead atoms. The van der Waals surface area contributed by atoms with Crippen LogP contribution in [-0.2, 0) is 19.1 Å². The fraction of sp³-hybridized carbons (Fsp3) is 0.800. The lowest BCUT2D eigenvalue weighted by Gasteiger charge is -2.35. The Balaban J connectivity index is 2.04. The second-order valence-electron chi connectivity index (χ2n) is 6.31. The van der Waals surface area contributed by atoms with Crippen LogP contribution in [0.15, 0.2) is 0 Å². The summed E-state index contributed by atoms with van der Waals surface area (Å²) < 4.78 is 42.7. The van der Waals surface area contributed by atoms with Gasteiger partial charge in [-0.05, 0) is 12.8 Å². The molecular formula is C15H21F3N2O5. The topological polar surface area (TPSA) is 87.2 Å². The monoisotopic (exact) mass is 366 g/mol. The minimum Gasteiger partial charge on any atom is -0.481 e. The molecule has 1 N–H and O–H groups in total. The fourth-order valence-corrected chi connectivity index (χ4v) is 3.23. The Kier molecular flexibility index (Phi) is 6.26. The first-order valence-corrected chi connectivity index (χ1v) is 8.12. The van der Waals surface area contributed by atoms with Crippen LogP contribution in [0.5, 0.6) is 0 Å². The van der Waals surface area contributed by atoms with Crippen LogP contribution in [0.1, 0.15) is 25.7 Å². The van der Waals surface area contributed by atoms with Crippen molar-refractivity contribution < 1.29 is 37.4 Å². The molecule has 25 heavy (non-hydrogen) atoms. The number of carbonyl (C=O) groups excluding carboxylic acids is 2. The van der Waals surface area contributed by atoms with Crippen LogP contribution in [-0.4, -0.2) is 77.8 Å². The Morgan fingerprint density at radius 1 is 1.28 bits per heavy atom. The predicted molar refractivity (Wildman–Crippen MR) is 78.5 cm³/mol. The lowest BCUT2D eigenvalue weighted by atomic mass is 10.0. The summed E-state index contributed by atoms with van der Waals surface area (Å²) >= 11 is 0. The van der Waals surface area contributed by atoms with Gasteiger partial charge >= 0.3 is 12.1 Å². The maximum absolute atomic E-state index is 12.7. The largest absolute Gasteiger partial charge is 0.481 e. The molecule has 0 radical (unpaired) electrons. The van der Waals surface area contributed by atoms with Crippen molar-refractivity contribution in [2.75, 3.05) is 32.8 Å². The van der Waals surface area contributed by atoms with Crippen molar-refractivity contribution in [2.45, 2.75) is 37.9 Å². The average Bonchev–Trinajstić information content (AvgIpc) is 2.87. The number of amides is 2. The van der Waals surface area contributed by atoms with Crippen LogP contribution in [0.25, 0.3) is 0 Å². The molecule has 0 aromatic heterocycles. The van der Waals surface area contributed by atoms with Crippen molar-refractivity contribution in [3.8, 4) is 0 Å². The van der Waals surface area contributed by atoms with Crippen molar-refractivity contribution in [1.82, 2.24) is 9.80 Å². The maximum atomic E-state index is 12.7. The number of hydrogen-bond donors (Lipinski definition) is 1. The van der Waals surface area contributed by atoms with Gasteiger partial charge in [-0.1, -0.05) is 0 Å². The number of nitrogens with zero attached hydrogens (tertiary/aromatic N) is 2. The zero-order chi connectivity index (χ0) is 18.6. The molecule has 0 aliphatic carbocycles. The lowest BCUT2D eigenvalue weighted by Crippen LogP contribution is -2.47. The Labute approximate surface area is 142 Å². The summed E-state index contributed by atoms with van der Waals surface area (Å²) in [5, 5.41) is 8.87. The fourth-order valence-electron chi connectivity index (χ4n) is 3.23. The molecule has 2 heterocycles. The van der Waals surface area contributed by atoms with Crippen LogP contribution in [0.4, 0.5) is 13.2 Å². The zero-order valence-electron chi connectivity index (χ0n) is 13.6. The van der Waals surface area contributed by atoms with E-state index in [1.165, 1.54) is 4.90 Å². The van der Waals surface area contributed by atoms with E-state index in [2.05, 4.69) is 0 Å². The summed E-state index contributed by atoms with van der Waals surface area (Å²) in [7, 11) is 0. The molecule has 0 aromatic carbocycles. The lowest BCUT2D eigenvalue weighted by molar-refractivity contribution is -0.157. The Bertz CT molecular complexity index is 520. The molecule has 0 aromatic rings. The SMILES string of the molecule is O=C(O)CCN(C(=O)[C@@H]1CC(=O)N(CC(F)(F)F)C1)C1CCOCC1. The first kappa shape index (κ1) is 19.5. The molecule has 142 valence electrons. The summed E-state index contributed by atoms with van der Waals surface area (Å²) in [5.41, 5.74) is 0. The highest BCUT2D eigenvalue weighted by Gasteiger charge is 2.42. The third-order valence-electron chi connectivity index (χ3n) is 4.42. The Morgan fingerprint density at radius 2 is 1.92 bits per heavy atom. The molecule has 10 heteroatoms. The predicted octanol–water partition coefficient (Wildman–Crippen LogP) is 0.879. The number of ether oxygens (including phenoxy) is 1. The van der Waals surface area contributed by atoms with Gasteiger partial charge in [-0.2, -0.15) is 13.2 Å². The maximum Gasteiger partial charge on any atom is 0.406 e. The van der Waals surface area contributed by atoms with Crippen LogP contribution >= 0.6 is 0 Å². The van der Waals surface area contributed by atoms with Gasteiger partial charge in [0.2, 0.25) is 11.8 Å². The van der Waals surface area contributed by atoms with E-state index in [-0.39, 0.29) is 32.0 Å². The molecule has 2 aliphatic rings. The number of likely N-dealkylation sites (tertiary alicyclic amines) is 1. The van der Waals surface area contributed by atoms with Crippen molar-refractivity contribution in [1.29, 1.82) is 0 Å². The summed E-state index contributed by atoms with van der Waals surface area (Å²) in [6.45, 7) is -0.814. The third-order valence-corrected chi connectivity index (χ3v) is 4.42. The number of hydrogen-bond acceptors (Lipinski definition) is 4. The minimum atomic E-state index is -4.52. The number of carboxylic acid groups (broad SMARTS) is 1. The van der Waals surface area contributed by atoms with Gasteiger partial charge in [0, 0.05) is 38.8 Å². The smallest absolute Gasteiger partial charge is 0.406 e. The van der Waals surface area contributed by atoms with E-state index < -0.39 is 36.4 Å². The standard InChI is InChI=1S/C15H21F3N2O5/c16-15(17,18)9-19-8-10(7-12(19)21)14(24)20(4-1-13(22)23)11-2-5-25-6-3-11/h10-11H,1-9H2,(H,22,23)/t10-/m1/s1. The van der Waals surface area contributed by atoms with Gasteiger partial charge in [-0.15, -0.1) is 0 Å². The molecule has 7 nitrogen and oxygen atoms in total. The van der Waals surface area contributed by atoms with E-state index in [1.807, 2.05) is 0 Å². The first-order chi connectivity index (χ1) is 11.7. The molecule has 1 atom stereocenters. The van der Waals surface area contributed by atoms with Crippen LogP contribution < -0.4 is 0 Å². The molecule has 0 spiro atoms. The quantitative estimate of drug-likeness (QED) is 0.754. The van der Waals surface area contributed by atoms with E-state index in [0.717, 1.165) is 0 Å². The van der Waals surface area contributed by atoms with Gasteiger partial charge in [-0.25, -0.2) is 0 Å². The Hall–Kier alpha value is -1.84. The second-order valence-corrected chi connectivity index (χ2v) is 6.31. The van der Waals surface area contributed by atoms with E-state index >= 15 is 0 Å². The van der Waals surface area contributed by atoms with Crippen LogP contribution in [0, 0.1) is 5.92 Å². The normalized spacial score (nSPS) is 22.3. The van der Waals surface area contributed by atoms with Gasteiger partial charge in [0.1, 0.15) is 6.54 Å². The van der Waals surface area contributed by atoms with Gasteiger partial charge in [0.15, 0.2) is 0 Å². The number of carbonyl (C=O) groups is 3. The molecule has 2 amide bonds. The first-order valence-electron chi connectivity index (χ1n) is 8.12. The molecule has 2 saturated heterocycles. The molecule has 0 unspecified atom stereocenters. The van der Waals surface area contributed by atoms with E-state index in [0.29, 0.717) is 31.0 Å². The van der Waals surface area contributed by atoms with E-state index in [9.17, 15) is 27.6 Å². The van der Waals surface area contributed by atoms with Crippen molar-refractivity contribution in [3.63, 3.8) is 0 Å². The van der Waals surface area contributed by atoms with E-state index in [1.54, 1.807) is 0 Å². The molecule has 0 saturated carbocycles. The number of carboxylic acids is 1. The summed E-state index contributed by atoms with van der Waals surface area (Å²) in [6, 6.07) is -0.215. The van der Waals surface area contributed by atoms with Gasteiger partial charge < -0.3 is 19.6 Å². The van der Waals surface area contributed by atoms with E-state index in [4.69, 9.17) is 9.84 Å². The molecule has 2 fully saturated rings. The molecular weight excluding hydrogens is 345 g/mol. The highest BCUT2D eigenvalue weighted by Crippen LogP contribution is 2.27.